The number of thiophene rings is 1. The number of fused-ring (bicyclic) bond motifs is 1. The summed E-state index contributed by atoms with van der Waals surface area (Å²) >= 11 is 1.75. The van der Waals surface area contributed by atoms with Crippen LogP contribution in [0.25, 0.3) is 11.0 Å². The van der Waals surface area contributed by atoms with E-state index in [4.69, 9.17) is 4.98 Å². The average Bonchev–Trinajstić information content (AvgIpc) is 3.40. The number of carbonyl (C=O) groups excluding carboxylic acids is 1. The van der Waals surface area contributed by atoms with Crippen molar-refractivity contribution in [3.05, 3.63) is 52.0 Å². The molecule has 1 aliphatic carbocycles. The maximum atomic E-state index is 13.1. The van der Waals surface area contributed by atoms with Crippen molar-refractivity contribution < 1.29 is 15.0 Å². The smallest absolute Gasteiger partial charge is 0.251 e. The van der Waals surface area contributed by atoms with Crippen molar-refractivity contribution in [1.29, 1.82) is 0 Å². The molecule has 184 valence electrons. The van der Waals surface area contributed by atoms with E-state index in [-0.39, 0.29) is 18.4 Å². The minimum atomic E-state index is -1.44. The second-order valence-corrected chi connectivity index (χ2v) is 11.2. The van der Waals surface area contributed by atoms with E-state index < -0.39 is 6.29 Å². The Labute approximate surface area is 206 Å². The Hall–Kier alpha value is -2.22. The molecule has 2 heterocycles. The molecule has 1 aliphatic rings. The zero-order valence-corrected chi connectivity index (χ0v) is 21.2. The molecule has 1 amide bonds. The molecule has 3 unspecified atom stereocenters. The second-order valence-electron chi connectivity index (χ2n) is 10.2. The zero-order valence-electron chi connectivity index (χ0n) is 20.4. The summed E-state index contributed by atoms with van der Waals surface area (Å²) in [7, 11) is 0. The van der Waals surface area contributed by atoms with Gasteiger partial charge in [0.1, 0.15) is 5.82 Å². The van der Waals surface area contributed by atoms with E-state index in [0.717, 1.165) is 29.7 Å². The number of amides is 1. The molecule has 34 heavy (non-hydrogen) atoms. The first kappa shape index (κ1) is 24.9. The number of aliphatic hydroxyl groups excluding tert-OH is 1. The van der Waals surface area contributed by atoms with Gasteiger partial charge in [0.25, 0.3) is 5.91 Å². The lowest BCUT2D eigenvalue weighted by atomic mass is 9.85. The van der Waals surface area contributed by atoms with Gasteiger partial charge in [-0.05, 0) is 60.7 Å². The van der Waals surface area contributed by atoms with Gasteiger partial charge in [-0.15, -0.1) is 11.3 Å². The minimum Gasteiger partial charge on any atom is -0.368 e. The predicted octanol–water partition coefficient (Wildman–Crippen LogP) is 5.29. The first-order chi connectivity index (χ1) is 16.3. The van der Waals surface area contributed by atoms with Crippen LogP contribution in [-0.4, -0.2) is 38.0 Å². The number of rotatable bonds is 9. The highest BCUT2D eigenvalue weighted by molar-refractivity contribution is 7.09. The van der Waals surface area contributed by atoms with Crippen molar-refractivity contribution in [2.45, 2.75) is 84.1 Å². The van der Waals surface area contributed by atoms with Gasteiger partial charge in [-0.2, -0.15) is 0 Å². The summed E-state index contributed by atoms with van der Waals surface area (Å²) < 4.78 is 2.43. The van der Waals surface area contributed by atoms with Gasteiger partial charge >= 0.3 is 0 Å². The molecular weight excluding hydrogens is 446 g/mol. The average molecular weight is 484 g/mol. The summed E-state index contributed by atoms with van der Waals surface area (Å²) in [6.45, 7) is 6.46. The third kappa shape index (κ3) is 5.88. The maximum absolute atomic E-state index is 13.1. The zero-order chi connectivity index (χ0) is 24.2. The van der Waals surface area contributed by atoms with Gasteiger partial charge in [-0.3, -0.25) is 4.79 Å². The third-order valence-electron chi connectivity index (χ3n) is 6.92. The van der Waals surface area contributed by atoms with E-state index >= 15 is 0 Å². The van der Waals surface area contributed by atoms with Gasteiger partial charge in [0.15, 0.2) is 6.29 Å². The minimum absolute atomic E-state index is 0.116. The number of carbonyl (C=O) groups is 1. The fourth-order valence-electron chi connectivity index (χ4n) is 5.34. The van der Waals surface area contributed by atoms with Gasteiger partial charge in [0, 0.05) is 35.4 Å². The summed E-state index contributed by atoms with van der Waals surface area (Å²) in [4.78, 5) is 19.4. The van der Waals surface area contributed by atoms with Crippen molar-refractivity contribution >= 4 is 28.3 Å². The van der Waals surface area contributed by atoms with Crippen LogP contribution in [0.1, 0.15) is 86.4 Å². The van der Waals surface area contributed by atoms with Crippen LogP contribution in [0.15, 0.2) is 35.7 Å². The standard InChI is InChI=1S/C27H37N3O3S/c1-17(2)13-20(15-26(31)32)28-27(33)19-10-11-24-22(14-19)29-25(16-21-8-6-12-34-21)30(24)23-9-5-4-7-18(23)3/h6,8,10-12,14,17-18,20,23,26,31-32H,4-5,7,9,13,15-16H2,1-3H3,(H,28,33). The van der Waals surface area contributed by atoms with Gasteiger partial charge in [0.05, 0.1) is 11.0 Å². The van der Waals surface area contributed by atoms with Crippen LogP contribution in [0, 0.1) is 11.8 Å². The molecule has 1 saturated carbocycles. The van der Waals surface area contributed by atoms with Crippen LogP contribution in [0.3, 0.4) is 0 Å². The Morgan fingerprint density at radius 2 is 2.00 bits per heavy atom. The monoisotopic (exact) mass is 483 g/mol. The van der Waals surface area contributed by atoms with Crippen LogP contribution < -0.4 is 5.32 Å². The second kappa shape index (κ2) is 11.0. The number of hydrogen-bond acceptors (Lipinski definition) is 5. The van der Waals surface area contributed by atoms with Crippen molar-refractivity contribution in [2.24, 2.45) is 11.8 Å². The van der Waals surface area contributed by atoms with Gasteiger partial charge in [-0.25, -0.2) is 4.98 Å². The predicted molar refractivity (Wildman–Crippen MR) is 137 cm³/mol. The van der Waals surface area contributed by atoms with Crippen LogP contribution in [0.4, 0.5) is 0 Å². The molecule has 1 fully saturated rings. The first-order valence-corrected chi connectivity index (χ1v) is 13.4. The van der Waals surface area contributed by atoms with E-state index in [1.165, 1.54) is 24.1 Å². The normalized spacial score (nSPS) is 19.7. The third-order valence-corrected chi connectivity index (χ3v) is 7.80. The quantitative estimate of drug-likeness (QED) is 0.361. The molecule has 1 aromatic carbocycles. The molecule has 0 bridgehead atoms. The molecule has 0 aliphatic heterocycles. The Morgan fingerprint density at radius 3 is 2.68 bits per heavy atom. The summed E-state index contributed by atoms with van der Waals surface area (Å²) in [5.41, 5.74) is 2.49. The Morgan fingerprint density at radius 1 is 1.21 bits per heavy atom. The van der Waals surface area contributed by atoms with Crippen molar-refractivity contribution in [2.75, 3.05) is 0 Å². The first-order valence-electron chi connectivity index (χ1n) is 12.5. The summed E-state index contributed by atoms with van der Waals surface area (Å²) in [6, 6.07) is 10.2. The van der Waals surface area contributed by atoms with Crippen molar-refractivity contribution in [1.82, 2.24) is 14.9 Å². The number of nitrogens with one attached hydrogen (secondary N) is 1. The fourth-order valence-corrected chi connectivity index (χ4v) is 6.04. The SMILES string of the molecule is CC(C)CC(CC(O)O)NC(=O)c1ccc2c(c1)nc(Cc1cccs1)n2C1CCCCC1C. The van der Waals surface area contributed by atoms with Gasteiger partial charge in [0.2, 0.25) is 0 Å². The lowest BCUT2D eigenvalue weighted by Gasteiger charge is -2.31. The Balaban J connectivity index is 1.65. The van der Waals surface area contributed by atoms with E-state index in [1.54, 1.807) is 11.3 Å². The molecule has 3 atom stereocenters. The number of aliphatic hydroxyl groups is 2. The maximum Gasteiger partial charge on any atom is 0.251 e. The van der Waals surface area contributed by atoms with E-state index in [2.05, 4.69) is 48.2 Å². The number of nitrogens with zero attached hydrogens (tertiary/aromatic N) is 2. The number of hydrogen-bond donors (Lipinski definition) is 3. The highest BCUT2D eigenvalue weighted by atomic mass is 32.1. The topological polar surface area (TPSA) is 87.4 Å². The van der Waals surface area contributed by atoms with E-state index in [1.807, 2.05) is 18.2 Å². The summed E-state index contributed by atoms with van der Waals surface area (Å²) in [5.74, 6) is 1.79. The largest absolute Gasteiger partial charge is 0.368 e. The van der Waals surface area contributed by atoms with E-state index in [0.29, 0.717) is 29.9 Å². The number of aromatic nitrogens is 2. The molecule has 0 spiro atoms. The fraction of sp³-hybridized carbons (Fsp3) is 0.556. The van der Waals surface area contributed by atoms with E-state index in [9.17, 15) is 15.0 Å². The molecule has 6 nitrogen and oxygen atoms in total. The Bertz CT molecular complexity index is 1080. The lowest BCUT2D eigenvalue weighted by molar-refractivity contribution is -0.0519. The summed E-state index contributed by atoms with van der Waals surface area (Å²) in [6.07, 6.45) is 5.07. The molecule has 3 aromatic rings. The summed E-state index contributed by atoms with van der Waals surface area (Å²) in [5, 5.41) is 24.0. The highest BCUT2D eigenvalue weighted by Crippen LogP contribution is 2.37. The molecule has 4 rings (SSSR count). The number of benzene rings is 1. The van der Waals surface area contributed by atoms with Crippen LogP contribution >= 0.6 is 11.3 Å². The molecule has 7 heteroatoms. The molecule has 0 radical (unpaired) electrons. The Kier molecular flexibility index (Phi) is 8.06. The van der Waals surface area contributed by atoms with Crippen LogP contribution in [0.2, 0.25) is 0 Å². The molecule has 2 aromatic heterocycles. The molecule has 3 N–H and O–H groups in total. The van der Waals surface area contributed by atoms with Gasteiger partial charge in [-0.1, -0.05) is 39.7 Å². The highest BCUT2D eigenvalue weighted by Gasteiger charge is 2.27. The van der Waals surface area contributed by atoms with Crippen LogP contribution in [-0.2, 0) is 6.42 Å². The lowest BCUT2D eigenvalue weighted by Crippen LogP contribution is -2.38. The molecule has 0 saturated heterocycles. The number of imidazole rings is 1. The van der Waals surface area contributed by atoms with Crippen LogP contribution in [0.5, 0.6) is 0 Å². The van der Waals surface area contributed by atoms with Gasteiger partial charge < -0.3 is 20.1 Å². The van der Waals surface area contributed by atoms with Crippen molar-refractivity contribution in [3.8, 4) is 0 Å². The molecular formula is C27H37N3O3S. The van der Waals surface area contributed by atoms with Crippen molar-refractivity contribution in [3.63, 3.8) is 0 Å².